The van der Waals surface area contributed by atoms with Crippen LogP contribution in [0.15, 0.2) is 42.5 Å². The number of hydrogen-bond donors (Lipinski definition) is 2. The number of ether oxygens (including phenoxy) is 1. The van der Waals surface area contributed by atoms with E-state index in [4.69, 9.17) is 27.2 Å². The molecule has 0 spiro atoms. The van der Waals surface area contributed by atoms with Crippen molar-refractivity contribution in [3.8, 4) is 5.75 Å². The van der Waals surface area contributed by atoms with Gasteiger partial charge in [-0.1, -0.05) is 35.9 Å². The molecular formula is C15H16ClNO2. The van der Waals surface area contributed by atoms with Gasteiger partial charge in [-0.25, -0.2) is 0 Å². The second kappa shape index (κ2) is 6.45. The quantitative estimate of drug-likeness (QED) is 0.826. The van der Waals surface area contributed by atoms with Crippen LogP contribution in [0.25, 0.3) is 0 Å². The van der Waals surface area contributed by atoms with E-state index in [-0.39, 0.29) is 6.61 Å². The Labute approximate surface area is 117 Å². The van der Waals surface area contributed by atoms with Crippen molar-refractivity contribution in [1.82, 2.24) is 0 Å². The lowest BCUT2D eigenvalue weighted by atomic mass is 10.1. The number of aliphatic hydroxyl groups is 1. The summed E-state index contributed by atoms with van der Waals surface area (Å²) in [6.07, 6.45) is 0.564. The third-order valence-corrected chi connectivity index (χ3v) is 3.23. The van der Waals surface area contributed by atoms with Crippen LogP contribution in [-0.4, -0.2) is 11.7 Å². The number of para-hydroxylation sites is 1. The van der Waals surface area contributed by atoms with Crippen molar-refractivity contribution in [2.45, 2.75) is 13.0 Å². The molecule has 2 rings (SSSR count). The minimum atomic E-state index is 0.0919. The summed E-state index contributed by atoms with van der Waals surface area (Å²) in [7, 11) is 0. The Morgan fingerprint density at radius 2 is 1.89 bits per heavy atom. The van der Waals surface area contributed by atoms with Gasteiger partial charge in [0.2, 0.25) is 0 Å². The number of hydrogen-bond acceptors (Lipinski definition) is 3. The molecule has 0 radical (unpaired) electrons. The van der Waals surface area contributed by atoms with E-state index in [1.165, 1.54) is 0 Å². The number of benzene rings is 2. The van der Waals surface area contributed by atoms with Crippen LogP contribution in [0.2, 0.25) is 5.02 Å². The van der Waals surface area contributed by atoms with Crippen LogP contribution in [0.3, 0.4) is 0 Å². The summed E-state index contributed by atoms with van der Waals surface area (Å²) in [6.45, 7) is 0.405. The Morgan fingerprint density at radius 1 is 1.11 bits per heavy atom. The Kier molecular flexibility index (Phi) is 4.66. The van der Waals surface area contributed by atoms with Crippen LogP contribution >= 0.6 is 11.6 Å². The molecule has 0 unspecified atom stereocenters. The van der Waals surface area contributed by atoms with E-state index in [2.05, 4.69) is 0 Å². The number of aliphatic hydroxyl groups excluding tert-OH is 1. The molecule has 0 aliphatic heterocycles. The lowest BCUT2D eigenvalue weighted by Crippen LogP contribution is -2.03. The zero-order valence-corrected chi connectivity index (χ0v) is 11.2. The lowest BCUT2D eigenvalue weighted by Gasteiger charge is -2.13. The number of nitrogen functional groups attached to an aromatic ring is 1. The zero-order valence-electron chi connectivity index (χ0n) is 10.5. The molecule has 19 heavy (non-hydrogen) atoms. The first kappa shape index (κ1) is 13.7. The third kappa shape index (κ3) is 3.40. The maximum Gasteiger partial charge on any atom is 0.123 e. The topological polar surface area (TPSA) is 55.5 Å². The summed E-state index contributed by atoms with van der Waals surface area (Å²) in [5.41, 5.74) is 8.24. The first-order valence-corrected chi connectivity index (χ1v) is 6.44. The molecule has 3 nitrogen and oxygen atoms in total. The fourth-order valence-corrected chi connectivity index (χ4v) is 2.09. The van der Waals surface area contributed by atoms with E-state index in [0.717, 1.165) is 16.9 Å². The molecule has 0 aromatic heterocycles. The molecule has 0 aliphatic rings. The Morgan fingerprint density at radius 3 is 2.63 bits per heavy atom. The van der Waals surface area contributed by atoms with Gasteiger partial charge in [0.25, 0.3) is 0 Å². The molecule has 4 heteroatoms. The van der Waals surface area contributed by atoms with Crippen LogP contribution in [0.4, 0.5) is 5.69 Å². The molecule has 0 amide bonds. The molecule has 3 N–H and O–H groups in total. The van der Waals surface area contributed by atoms with Gasteiger partial charge in [0.05, 0.1) is 0 Å². The maximum absolute atomic E-state index is 9.02. The Bertz CT molecular complexity index is 537. The molecule has 0 bridgehead atoms. The predicted octanol–water partition coefficient (Wildman–Crippen LogP) is 3.04. The van der Waals surface area contributed by atoms with Crippen molar-refractivity contribution in [1.29, 1.82) is 0 Å². The van der Waals surface area contributed by atoms with E-state index in [1.54, 1.807) is 18.2 Å². The average Bonchev–Trinajstić information content (AvgIpc) is 2.40. The minimum Gasteiger partial charge on any atom is -0.488 e. The van der Waals surface area contributed by atoms with Crippen molar-refractivity contribution >= 4 is 17.3 Å². The van der Waals surface area contributed by atoms with E-state index in [0.29, 0.717) is 23.7 Å². The predicted molar refractivity (Wildman–Crippen MR) is 77.4 cm³/mol. The molecule has 0 fully saturated rings. The van der Waals surface area contributed by atoms with Gasteiger partial charge in [0.1, 0.15) is 12.4 Å². The number of halogens is 1. The van der Waals surface area contributed by atoms with Gasteiger partial charge in [0, 0.05) is 22.9 Å². The van der Waals surface area contributed by atoms with Crippen molar-refractivity contribution in [2.75, 3.05) is 12.3 Å². The highest BCUT2D eigenvalue weighted by atomic mass is 35.5. The summed E-state index contributed by atoms with van der Waals surface area (Å²) in [5.74, 6) is 0.746. The molecule has 2 aromatic carbocycles. The van der Waals surface area contributed by atoms with Crippen molar-refractivity contribution < 1.29 is 9.84 Å². The maximum atomic E-state index is 9.02. The van der Waals surface area contributed by atoms with E-state index in [9.17, 15) is 0 Å². The van der Waals surface area contributed by atoms with Crippen molar-refractivity contribution in [3.63, 3.8) is 0 Å². The SMILES string of the molecule is Nc1cccc(Cl)c1COc1ccccc1CCO. The summed E-state index contributed by atoms with van der Waals surface area (Å²) >= 11 is 6.10. The van der Waals surface area contributed by atoms with Crippen molar-refractivity contribution in [3.05, 3.63) is 58.6 Å². The highest BCUT2D eigenvalue weighted by molar-refractivity contribution is 6.31. The Hall–Kier alpha value is -1.71. The van der Waals surface area contributed by atoms with Crippen LogP contribution < -0.4 is 10.5 Å². The summed E-state index contributed by atoms with van der Waals surface area (Å²) in [4.78, 5) is 0. The standard InChI is InChI=1S/C15H16ClNO2/c16-13-5-3-6-14(17)12(13)10-19-15-7-2-1-4-11(15)8-9-18/h1-7,18H,8-10,17H2. The smallest absolute Gasteiger partial charge is 0.123 e. The summed E-state index contributed by atoms with van der Waals surface area (Å²) in [5, 5.41) is 9.62. The van der Waals surface area contributed by atoms with E-state index >= 15 is 0 Å². The average molecular weight is 278 g/mol. The van der Waals surface area contributed by atoms with Gasteiger partial charge in [0.15, 0.2) is 0 Å². The van der Waals surface area contributed by atoms with Crippen LogP contribution in [0.1, 0.15) is 11.1 Å². The molecule has 0 saturated heterocycles. The van der Waals surface area contributed by atoms with Gasteiger partial charge in [-0.05, 0) is 30.2 Å². The van der Waals surface area contributed by atoms with Crippen molar-refractivity contribution in [2.24, 2.45) is 0 Å². The van der Waals surface area contributed by atoms with Crippen LogP contribution in [-0.2, 0) is 13.0 Å². The normalized spacial score (nSPS) is 10.4. The van der Waals surface area contributed by atoms with Gasteiger partial charge >= 0.3 is 0 Å². The second-order valence-electron chi connectivity index (χ2n) is 4.18. The fraction of sp³-hybridized carbons (Fsp3) is 0.200. The Balaban J connectivity index is 2.15. The fourth-order valence-electron chi connectivity index (χ4n) is 1.85. The van der Waals surface area contributed by atoms with Gasteiger partial charge in [-0.2, -0.15) is 0 Å². The monoisotopic (exact) mass is 277 g/mol. The molecule has 0 heterocycles. The summed E-state index contributed by atoms with van der Waals surface area (Å²) < 4.78 is 5.76. The van der Waals surface area contributed by atoms with Crippen LogP contribution in [0.5, 0.6) is 5.75 Å². The van der Waals surface area contributed by atoms with Crippen LogP contribution in [0, 0.1) is 0 Å². The number of nitrogens with two attached hydrogens (primary N) is 1. The largest absolute Gasteiger partial charge is 0.488 e. The first-order valence-electron chi connectivity index (χ1n) is 6.07. The first-order chi connectivity index (χ1) is 9.22. The van der Waals surface area contributed by atoms with E-state index < -0.39 is 0 Å². The molecule has 0 saturated carbocycles. The van der Waals surface area contributed by atoms with Gasteiger partial charge in [-0.15, -0.1) is 0 Å². The molecule has 100 valence electrons. The summed E-state index contributed by atoms with van der Waals surface area (Å²) in [6, 6.07) is 13.0. The molecule has 0 aliphatic carbocycles. The minimum absolute atomic E-state index is 0.0919. The van der Waals surface area contributed by atoms with Gasteiger partial charge in [-0.3, -0.25) is 0 Å². The molecule has 0 atom stereocenters. The lowest BCUT2D eigenvalue weighted by molar-refractivity contribution is 0.284. The highest BCUT2D eigenvalue weighted by Gasteiger charge is 2.07. The second-order valence-corrected chi connectivity index (χ2v) is 4.58. The third-order valence-electron chi connectivity index (χ3n) is 2.88. The number of anilines is 1. The number of rotatable bonds is 5. The van der Waals surface area contributed by atoms with Gasteiger partial charge < -0.3 is 15.6 Å². The zero-order chi connectivity index (χ0) is 13.7. The molecular weight excluding hydrogens is 262 g/mol. The molecule has 2 aromatic rings. The highest BCUT2D eigenvalue weighted by Crippen LogP contribution is 2.25. The van der Waals surface area contributed by atoms with E-state index in [1.807, 2.05) is 24.3 Å².